The predicted octanol–water partition coefficient (Wildman–Crippen LogP) is 13.4. The van der Waals surface area contributed by atoms with E-state index in [1.54, 1.807) is 4.57 Å². The summed E-state index contributed by atoms with van der Waals surface area (Å²) < 4.78 is 68.9. The van der Waals surface area contributed by atoms with E-state index in [4.69, 9.17) is 29.3 Å². The maximum Gasteiger partial charge on any atom is 0.167 e. The lowest BCUT2D eigenvalue weighted by atomic mass is 9.99. The maximum atomic E-state index is 9.34. The molecule has 4 aromatic heterocycles. The van der Waals surface area contributed by atoms with E-state index in [2.05, 4.69) is 0 Å². The van der Waals surface area contributed by atoms with Gasteiger partial charge in [0, 0.05) is 49.0 Å². The molecular formula is C51H30N4O2. The Morgan fingerprint density at radius 2 is 0.947 bits per heavy atom. The van der Waals surface area contributed by atoms with Gasteiger partial charge in [0.15, 0.2) is 17.5 Å². The molecule has 12 aromatic rings. The second-order valence-corrected chi connectivity index (χ2v) is 13.9. The first-order chi connectivity index (χ1) is 30.7. The molecule has 0 fully saturated rings. The molecule has 0 atom stereocenters. The van der Waals surface area contributed by atoms with Crippen molar-refractivity contribution in [3.63, 3.8) is 0 Å². The molecule has 0 spiro atoms. The van der Waals surface area contributed by atoms with Crippen LogP contribution in [-0.4, -0.2) is 19.5 Å². The van der Waals surface area contributed by atoms with Gasteiger partial charge in [-0.25, -0.2) is 15.0 Å². The van der Waals surface area contributed by atoms with Crippen molar-refractivity contribution in [3.05, 3.63) is 182 Å². The first-order valence-electron chi connectivity index (χ1n) is 21.5. The largest absolute Gasteiger partial charge is 0.455 e. The summed E-state index contributed by atoms with van der Waals surface area (Å²) >= 11 is 0. The number of nitrogens with zero attached hydrogens (tertiary/aromatic N) is 4. The van der Waals surface area contributed by atoms with Gasteiger partial charge in [0.25, 0.3) is 0 Å². The summed E-state index contributed by atoms with van der Waals surface area (Å²) in [5.74, 6) is 1.03. The van der Waals surface area contributed by atoms with E-state index in [1.165, 1.54) is 12.1 Å². The van der Waals surface area contributed by atoms with Crippen LogP contribution in [0.15, 0.2) is 191 Å². The van der Waals surface area contributed by atoms with Crippen LogP contribution in [0.2, 0.25) is 0 Å². The molecule has 6 nitrogen and oxygen atoms in total. The van der Waals surface area contributed by atoms with Crippen LogP contribution in [0, 0.1) is 0 Å². The zero-order chi connectivity index (χ0) is 42.7. The minimum Gasteiger partial charge on any atom is -0.455 e. The average molecular weight is 737 g/mol. The van der Waals surface area contributed by atoms with Crippen LogP contribution in [0.5, 0.6) is 0 Å². The number of aromatic nitrogens is 4. The molecule has 0 saturated heterocycles. The molecule has 12 rings (SSSR count). The fourth-order valence-electron chi connectivity index (χ4n) is 8.06. The van der Waals surface area contributed by atoms with Gasteiger partial charge in [-0.05, 0) is 48.0 Å². The zero-order valence-corrected chi connectivity index (χ0v) is 30.0. The van der Waals surface area contributed by atoms with Crippen LogP contribution in [0.4, 0.5) is 0 Å². The summed E-state index contributed by atoms with van der Waals surface area (Å²) in [5, 5.41) is 4.06. The molecule has 4 heterocycles. The van der Waals surface area contributed by atoms with Crippen LogP contribution in [-0.2, 0) is 0 Å². The van der Waals surface area contributed by atoms with Crippen molar-refractivity contribution in [2.45, 2.75) is 0 Å². The summed E-state index contributed by atoms with van der Waals surface area (Å²) in [6.07, 6.45) is 0. The smallest absolute Gasteiger partial charge is 0.167 e. The van der Waals surface area contributed by atoms with Crippen molar-refractivity contribution in [1.82, 2.24) is 19.5 Å². The van der Waals surface area contributed by atoms with Gasteiger partial charge in [0.05, 0.1) is 30.5 Å². The van der Waals surface area contributed by atoms with Crippen LogP contribution in [0.3, 0.4) is 0 Å². The fraction of sp³-hybridized carbons (Fsp3) is 0. The molecule has 0 radical (unpaired) electrons. The number of hydrogen-bond acceptors (Lipinski definition) is 5. The Kier molecular flexibility index (Phi) is 5.64. The van der Waals surface area contributed by atoms with Gasteiger partial charge in [0.2, 0.25) is 0 Å². The standard InChI is InChI=1S/C51H30N4O2/c1-2-14-31(15-3-1)49-52-50(54-51(53-49)41-23-13-22-39-37-19-7-11-27-46(37)57-48(39)41)40-29-28-32(33-20-12-21-38-36-18-6-10-26-45(36)56-47(33)38)30-44(40)55-42-24-8-4-16-34(42)35-17-5-9-25-43(35)55/h1-30H/i4D,5D,16D,17D,24D,25D. The third-order valence-electron chi connectivity index (χ3n) is 10.6. The van der Waals surface area contributed by atoms with Gasteiger partial charge in [0.1, 0.15) is 22.3 Å². The number of benzene rings is 8. The highest BCUT2D eigenvalue weighted by atomic mass is 16.3. The van der Waals surface area contributed by atoms with Gasteiger partial charge in [-0.2, -0.15) is 0 Å². The Hall–Kier alpha value is -7.83. The SMILES string of the molecule is [2H]c1cc([2H])c2c(c1[2H])c1c([2H])c([2H])cc([2H])c1n2-c1cc(-c2cccc3c2oc2ccccc23)ccc1-c1nc(-c2ccccc2)nc(-c2cccc3c2oc2ccccc23)n1. The molecule has 57 heavy (non-hydrogen) atoms. The highest BCUT2D eigenvalue weighted by Gasteiger charge is 2.23. The highest BCUT2D eigenvalue weighted by molar-refractivity contribution is 6.12. The number of hydrogen-bond donors (Lipinski definition) is 0. The van der Waals surface area contributed by atoms with Crippen molar-refractivity contribution in [1.29, 1.82) is 0 Å². The summed E-state index contributed by atoms with van der Waals surface area (Å²) in [6.45, 7) is 0. The quantitative estimate of drug-likeness (QED) is 0.176. The van der Waals surface area contributed by atoms with Crippen molar-refractivity contribution >= 4 is 65.7 Å². The second-order valence-electron chi connectivity index (χ2n) is 13.9. The monoisotopic (exact) mass is 736 g/mol. The molecule has 0 aliphatic rings. The number of rotatable bonds is 5. The molecule has 0 aliphatic heterocycles. The first kappa shape index (κ1) is 26.1. The molecule has 0 bridgehead atoms. The van der Waals surface area contributed by atoms with Crippen LogP contribution in [0.25, 0.3) is 117 Å². The van der Waals surface area contributed by atoms with Gasteiger partial charge < -0.3 is 13.4 Å². The minimum absolute atomic E-state index is 0.0823. The Morgan fingerprint density at radius 3 is 1.61 bits per heavy atom. The first-order valence-corrected chi connectivity index (χ1v) is 18.5. The average Bonchev–Trinajstić information content (AvgIpc) is 4.01. The van der Waals surface area contributed by atoms with Gasteiger partial charge >= 0.3 is 0 Å². The second kappa shape index (κ2) is 12.3. The van der Waals surface area contributed by atoms with Gasteiger partial charge in [-0.3, -0.25) is 0 Å². The molecule has 0 aliphatic carbocycles. The molecule has 8 aromatic carbocycles. The van der Waals surface area contributed by atoms with Crippen molar-refractivity contribution in [2.75, 3.05) is 0 Å². The van der Waals surface area contributed by atoms with E-state index in [1.807, 2.05) is 133 Å². The molecule has 6 heteroatoms. The lowest BCUT2D eigenvalue weighted by Crippen LogP contribution is -2.04. The molecular weight excluding hydrogens is 701 g/mol. The van der Waals surface area contributed by atoms with Gasteiger partial charge in [-0.1, -0.05) is 139 Å². The number of fused-ring (bicyclic) bond motifs is 9. The summed E-state index contributed by atoms with van der Waals surface area (Å²) in [5.41, 5.74) is 7.05. The van der Waals surface area contributed by atoms with Crippen molar-refractivity contribution < 1.29 is 17.1 Å². The van der Waals surface area contributed by atoms with E-state index in [0.29, 0.717) is 39.6 Å². The summed E-state index contributed by atoms with van der Waals surface area (Å²) in [7, 11) is 0. The van der Waals surface area contributed by atoms with Crippen molar-refractivity contribution in [3.8, 4) is 51.0 Å². The Bertz CT molecular complexity index is 3820. The summed E-state index contributed by atoms with van der Waals surface area (Å²) in [4.78, 5) is 15.4. The fourth-order valence-corrected chi connectivity index (χ4v) is 8.06. The molecule has 266 valence electrons. The van der Waals surface area contributed by atoms with E-state index < -0.39 is 0 Å². The Morgan fingerprint density at radius 1 is 0.404 bits per heavy atom. The molecule has 0 unspecified atom stereocenters. The van der Waals surface area contributed by atoms with Crippen LogP contribution < -0.4 is 0 Å². The molecule has 0 saturated carbocycles. The molecule has 0 N–H and O–H groups in total. The van der Waals surface area contributed by atoms with E-state index >= 15 is 0 Å². The lowest BCUT2D eigenvalue weighted by Gasteiger charge is -2.16. The lowest BCUT2D eigenvalue weighted by molar-refractivity contribution is 0.669. The van der Waals surface area contributed by atoms with Gasteiger partial charge in [-0.15, -0.1) is 0 Å². The minimum atomic E-state index is -0.208. The summed E-state index contributed by atoms with van der Waals surface area (Å²) in [6, 6.07) is 44.6. The topological polar surface area (TPSA) is 69.9 Å². The van der Waals surface area contributed by atoms with E-state index in [9.17, 15) is 2.74 Å². The van der Waals surface area contributed by atoms with Crippen LogP contribution in [0.1, 0.15) is 8.22 Å². The normalized spacial score (nSPS) is 13.3. The number of furan rings is 2. The maximum absolute atomic E-state index is 9.34. The predicted molar refractivity (Wildman–Crippen MR) is 230 cm³/mol. The Labute approximate surface area is 334 Å². The highest BCUT2D eigenvalue weighted by Crippen LogP contribution is 2.42. The van der Waals surface area contributed by atoms with Crippen LogP contribution >= 0.6 is 0 Å². The third kappa shape index (κ3) is 4.87. The number of para-hydroxylation sites is 6. The van der Waals surface area contributed by atoms with E-state index in [0.717, 1.165) is 49.4 Å². The zero-order valence-electron chi connectivity index (χ0n) is 36.0. The van der Waals surface area contributed by atoms with Crippen molar-refractivity contribution in [2.24, 2.45) is 0 Å². The van der Waals surface area contributed by atoms with E-state index in [-0.39, 0.29) is 63.9 Å². The Balaban J connectivity index is 1.21. The third-order valence-corrected chi connectivity index (χ3v) is 10.6. The molecule has 0 amide bonds.